The van der Waals surface area contributed by atoms with Gasteiger partial charge in [-0.1, -0.05) is 48.0 Å². The predicted molar refractivity (Wildman–Crippen MR) is 122 cm³/mol. The number of anilines is 1. The second-order valence-electron chi connectivity index (χ2n) is 7.36. The number of ether oxygens (including phenoxy) is 1. The molecule has 0 aliphatic heterocycles. The molecule has 3 rings (SSSR count). The summed E-state index contributed by atoms with van der Waals surface area (Å²) in [5, 5.41) is 4.08. The van der Waals surface area contributed by atoms with Crippen molar-refractivity contribution in [2.75, 3.05) is 19.0 Å². The zero-order valence-corrected chi connectivity index (χ0v) is 17.6. The van der Waals surface area contributed by atoms with E-state index in [1.807, 2.05) is 55.4 Å². The summed E-state index contributed by atoms with van der Waals surface area (Å²) in [6, 6.07) is 23.6. The number of aryl methyl sites for hydroxylation is 1. The normalized spacial score (nSPS) is 10.9. The maximum Gasteiger partial charge on any atom is 0.271 e. The molecule has 0 unspecified atom stereocenters. The molecule has 3 aromatic carbocycles. The molecule has 0 saturated carbocycles. The SMILES string of the molecule is Cc1ccc(COCc2cccc(/C=N/NC(=O)c3ccc(N(C)C)cc3)c2)cc1. The van der Waals surface area contributed by atoms with Crippen molar-refractivity contribution in [3.8, 4) is 0 Å². The van der Waals surface area contributed by atoms with Crippen molar-refractivity contribution in [3.63, 3.8) is 0 Å². The van der Waals surface area contributed by atoms with Crippen molar-refractivity contribution in [3.05, 3.63) is 101 Å². The van der Waals surface area contributed by atoms with Crippen LogP contribution in [0.1, 0.15) is 32.6 Å². The van der Waals surface area contributed by atoms with Crippen LogP contribution >= 0.6 is 0 Å². The molecule has 0 atom stereocenters. The van der Waals surface area contributed by atoms with Gasteiger partial charge in [-0.2, -0.15) is 5.10 Å². The lowest BCUT2D eigenvalue weighted by Crippen LogP contribution is -2.18. The molecule has 0 aliphatic carbocycles. The van der Waals surface area contributed by atoms with E-state index >= 15 is 0 Å². The maximum atomic E-state index is 12.2. The molecule has 0 aromatic heterocycles. The standard InChI is InChI=1S/C25H27N3O2/c1-19-7-9-20(10-8-19)17-30-18-22-6-4-5-21(15-22)16-26-27-25(29)23-11-13-24(14-12-23)28(2)3/h4-16H,17-18H2,1-3H3,(H,27,29)/b26-16+. The van der Waals surface area contributed by atoms with Crippen molar-refractivity contribution in [1.82, 2.24) is 5.43 Å². The minimum absolute atomic E-state index is 0.242. The Kier molecular flexibility index (Phi) is 7.35. The van der Waals surface area contributed by atoms with Gasteiger partial charge < -0.3 is 9.64 Å². The second-order valence-corrected chi connectivity index (χ2v) is 7.36. The molecule has 1 amide bonds. The van der Waals surface area contributed by atoms with E-state index in [0.29, 0.717) is 18.8 Å². The van der Waals surface area contributed by atoms with Crippen LogP contribution in [-0.2, 0) is 18.0 Å². The smallest absolute Gasteiger partial charge is 0.271 e. The van der Waals surface area contributed by atoms with Crippen LogP contribution in [-0.4, -0.2) is 26.2 Å². The molecular weight excluding hydrogens is 374 g/mol. The van der Waals surface area contributed by atoms with Gasteiger partial charge >= 0.3 is 0 Å². The number of nitrogens with one attached hydrogen (secondary N) is 1. The van der Waals surface area contributed by atoms with Gasteiger partial charge in [0.1, 0.15) is 0 Å². The van der Waals surface area contributed by atoms with Crippen molar-refractivity contribution >= 4 is 17.8 Å². The van der Waals surface area contributed by atoms with Gasteiger partial charge in [0, 0.05) is 25.3 Å². The highest BCUT2D eigenvalue weighted by Crippen LogP contribution is 2.12. The van der Waals surface area contributed by atoms with Crippen molar-refractivity contribution < 1.29 is 9.53 Å². The molecule has 3 aromatic rings. The summed E-state index contributed by atoms with van der Waals surface area (Å²) in [5.41, 5.74) is 8.52. The van der Waals surface area contributed by atoms with Gasteiger partial charge in [-0.15, -0.1) is 0 Å². The zero-order chi connectivity index (χ0) is 21.3. The molecule has 0 saturated heterocycles. The zero-order valence-electron chi connectivity index (χ0n) is 17.6. The summed E-state index contributed by atoms with van der Waals surface area (Å²) >= 11 is 0. The van der Waals surface area contributed by atoms with Crippen LogP contribution in [0.2, 0.25) is 0 Å². The first-order valence-electron chi connectivity index (χ1n) is 9.84. The molecule has 0 radical (unpaired) electrons. The van der Waals surface area contributed by atoms with Crippen molar-refractivity contribution in [2.45, 2.75) is 20.1 Å². The first-order valence-corrected chi connectivity index (χ1v) is 9.84. The van der Waals surface area contributed by atoms with Crippen LogP contribution in [0.5, 0.6) is 0 Å². The summed E-state index contributed by atoms with van der Waals surface area (Å²) in [6.45, 7) is 3.16. The number of carbonyl (C=O) groups excluding carboxylic acids is 1. The van der Waals surface area contributed by atoms with Gasteiger partial charge in [0.05, 0.1) is 19.4 Å². The first-order chi connectivity index (χ1) is 14.5. The van der Waals surface area contributed by atoms with Crippen molar-refractivity contribution in [1.29, 1.82) is 0 Å². The summed E-state index contributed by atoms with van der Waals surface area (Å²) < 4.78 is 5.81. The number of rotatable bonds is 8. The van der Waals surface area contributed by atoms with Gasteiger partial charge in [0.15, 0.2) is 0 Å². The third kappa shape index (κ3) is 6.29. The largest absolute Gasteiger partial charge is 0.378 e. The molecule has 0 spiro atoms. The minimum Gasteiger partial charge on any atom is -0.378 e. The van der Waals surface area contributed by atoms with E-state index in [1.54, 1.807) is 18.3 Å². The highest BCUT2D eigenvalue weighted by Gasteiger charge is 2.04. The monoisotopic (exact) mass is 401 g/mol. The summed E-state index contributed by atoms with van der Waals surface area (Å²) in [5.74, 6) is -0.242. The molecule has 5 heteroatoms. The molecule has 30 heavy (non-hydrogen) atoms. The van der Waals surface area contributed by atoms with Crippen LogP contribution in [0.25, 0.3) is 0 Å². The lowest BCUT2D eigenvalue weighted by atomic mass is 10.1. The summed E-state index contributed by atoms with van der Waals surface area (Å²) in [4.78, 5) is 14.2. The number of amides is 1. The molecule has 0 heterocycles. The average Bonchev–Trinajstić information content (AvgIpc) is 2.75. The van der Waals surface area contributed by atoms with E-state index in [2.05, 4.69) is 41.7 Å². The van der Waals surface area contributed by atoms with Gasteiger partial charge in [0.25, 0.3) is 5.91 Å². The predicted octanol–water partition coefficient (Wildman–Crippen LogP) is 4.54. The lowest BCUT2D eigenvalue weighted by Gasteiger charge is -2.12. The Hall–Kier alpha value is -3.44. The lowest BCUT2D eigenvalue weighted by molar-refractivity contribution is 0.0955. The van der Waals surface area contributed by atoms with Crippen molar-refractivity contribution in [2.24, 2.45) is 5.10 Å². The molecule has 0 bridgehead atoms. The summed E-state index contributed by atoms with van der Waals surface area (Å²) in [7, 11) is 3.92. The van der Waals surface area contributed by atoms with Crippen LogP contribution in [0, 0.1) is 6.92 Å². The molecule has 5 nitrogen and oxygen atoms in total. The average molecular weight is 402 g/mol. The number of carbonyl (C=O) groups is 1. The van der Waals surface area contributed by atoms with E-state index in [4.69, 9.17) is 4.74 Å². The van der Waals surface area contributed by atoms with Crippen LogP contribution in [0.15, 0.2) is 77.9 Å². The number of hydrogen-bond acceptors (Lipinski definition) is 4. The molecule has 154 valence electrons. The Morgan fingerprint density at radius 3 is 2.37 bits per heavy atom. The minimum atomic E-state index is -0.242. The van der Waals surface area contributed by atoms with Gasteiger partial charge in [0.2, 0.25) is 0 Å². The Balaban J connectivity index is 1.50. The van der Waals surface area contributed by atoms with Gasteiger partial charge in [-0.3, -0.25) is 4.79 Å². The quantitative estimate of drug-likeness (QED) is 0.445. The van der Waals surface area contributed by atoms with Crippen LogP contribution in [0.3, 0.4) is 0 Å². The molecular formula is C25H27N3O2. The fourth-order valence-corrected chi connectivity index (χ4v) is 2.88. The summed E-state index contributed by atoms with van der Waals surface area (Å²) in [6.07, 6.45) is 1.63. The number of benzene rings is 3. The second kappa shape index (κ2) is 10.4. The first kappa shape index (κ1) is 21.3. The topological polar surface area (TPSA) is 53.9 Å². The Bertz CT molecular complexity index is 994. The Labute approximate surface area is 178 Å². The fraction of sp³-hybridized carbons (Fsp3) is 0.200. The third-order valence-electron chi connectivity index (χ3n) is 4.63. The molecule has 0 fully saturated rings. The Morgan fingerprint density at radius 2 is 1.67 bits per heavy atom. The third-order valence-corrected chi connectivity index (χ3v) is 4.63. The number of hydrogen-bond donors (Lipinski definition) is 1. The number of hydrazone groups is 1. The molecule has 0 aliphatic rings. The van der Waals surface area contributed by atoms with Crippen LogP contribution < -0.4 is 10.3 Å². The van der Waals surface area contributed by atoms with Gasteiger partial charge in [-0.25, -0.2) is 5.43 Å². The Morgan fingerprint density at radius 1 is 0.967 bits per heavy atom. The number of nitrogens with zero attached hydrogens (tertiary/aromatic N) is 2. The van der Waals surface area contributed by atoms with E-state index in [9.17, 15) is 4.79 Å². The van der Waals surface area contributed by atoms with E-state index < -0.39 is 0 Å². The molecule has 1 N–H and O–H groups in total. The highest BCUT2D eigenvalue weighted by molar-refractivity contribution is 5.95. The van der Waals surface area contributed by atoms with E-state index in [0.717, 1.165) is 22.4 Å². The highest BCUT2D eigenvalue weighted by atomic mass is 16.5. The van der Waals surface area contributed by atoms with E-state index in [-0.39, 0.29) is 5.91 Å². The fourth-order valence-electron chi connectivity index (χ4n) is 2.88. The van der Waals surface area contributed by atoms with E-state index in [1.165, 1.54) is 5.56 Å². The van der Waals surface area contributed by atoms with Crippen LogP contribution in [0.4, 0.5) is 5.69 Å². The van der Waals surface area contributed by atoms with Gasteiger partial charge in [-0.05, 0) is 53.9 Å². The maximum absolute atomic E-state index is 12.2.